The molecule has 2 rings (SSSR count). The van der Waals surface area contributed by atoms with Crippen LogP contribution in [0.1, 0.15) is 46.0 Å². The third kappa shape index (κ3) is 8.71. The first-order valence-corrected chi connectivity index (χ1v) is 11.0. The van der Waals surface area contributed by atoms with Crippen molar-refractivity contribution in [3.8, 4) is 0 Å². The van der Waals surface area contributed by atoms with Crippen LogP contribution in [0.2, 0.25) is 0 Å². The fourth-order valence-corrected chi connectivity index (χ4v) is 4.51. The van der Waals surface area contributed by atoms with E-state index in [4.69, 9.17) is 4.74 Å². The Balaban J connectivity index is 0.00000392. The highest BCUT2D eigenvalue weighted by Crippen LogP contribution is 2.40. The van der Waals surface area contributed by atoms with Gasteiger partial charge in [-0.2, -0.15) is 0 Å². The lowest BCUT2D eigenvalue weighted by Gasteiger charge is -2.35. The van der Waals surface area contributed by atoms with Crippen LogP contribution >= 0.6 is 24.0 Å². The molecule has 1 aliphatic carbocycles. The molecule has 0 aromatic carbocycles. The second kappa shape index (κ2) is 14.0. The Morgan fingerprint density at radius 1 is 1.11 bits per heavy atom. The first kappa shape index (κ1) is 25.9. The van der Waals surface area contributed by atoms with Gasteiger partial charge in [-0.05, 0) is 37.1 Å². The molecule has 2 aliphatic rings. The van der Waals surface area contributed by atoms with E-state index in [0.29, 0.717) is 11.3 Å². The number of rotatable bonds is 10. The fourth-order valence-electron chi connectivity index (χ4n) is 4.51. The molecule has 2 fully saturated rings. The molecule has 1 atom stereocenters. The molecule has 0 bridgehead atoms. The number of guanidine groups is 1. The molecule has 1 aliphatic heterocycles. The molecular formula is C21H44IN5O. The number of halogens is 1. The first-order valence-electron chi connectivity index (χ1n) is 11.0. The summed E-state index contributed by atoms with van der Waals surface area (Å²) in [6.07, 6.45) is 6.45. The zero-order valence-corrected chi connectivity index (χ0v) is 21.0. The van der Waals surface area contributed by atoms with Crippen LogP contribution in [0.25, 0.3) is 0 Å². The SMILES string of the molecule is CCN1CCN(CC(C)CNC(=NC)NCC2(CCOC)CCCC2)CC1.I. The minimum absolute atomic E-state index is 0. The lowest BCUT2D eigenvalue weighted by Crippen LogP contribution is -2.49. The van der Waals surface area contributed by atoms with E-state index in [1.807, 2.05) is 7.05 Å². The van der Waals surface area contributed by atoms with Gasteiger partial charge in [0.25, 0.3) is 0 Å². The van der Waals surface area contributed by atoms with Gasteiger partial charge in [-0.15, -0.1) is 24.0 Å². The number of aliphatic imine (C=N–C) groups is 1. The van der Waals surface area contributed by atoms with Gasteiger partial charge in [0.05, 0.1) is 0 Å². The van der Waals surface area contributed by atoms with Crippen molar-refractivity contribution in [3.63, 3.8) is 0 Å². The summed E-state index contributed by atoms with van der Waals surface area (Å²) in [7, 11) is 3.68. The van der Waals surface area contributed by atoms with Crippen molar-refractivity contribution in [3.05, 3.63) is 0 Å². The molecule has 0 spiro atoms. The average molecular weight is 510 g/mol. The fraction of sp³-hybridized carbons (Fsp3) is 0.952. The van der Waals surface area contributed by atoms with Gasteiger partial charge in [0, 0.05) is 66.6 Å². The molecule has 0 radical (unpaired) electrons. The van der Waals surface area contributed by atoms with E-state index in [9.17, 15) is 0 Å². The number of ether oxygens (including phenoxy) is 1. The molecule has 1 heterocycles. The number of piperazine rings is 1. The molecule has 0 aromatic heterocycles. The van der Waals surface area contributed by atoms with Crippen LogP contribution in [0.3, 0.4) is 0 Å². The van der Waals surface area contributed by atoms with Gasteiger partial charge in [-0.3, -0.25) is 4.99 Å². The van der Waals surface area contributed by atoms with Gasteiger partial charge in [0.1, 0.15) is 0 Å². The van der Waals surface area contributed by atoms with Crippen molar-refractivity contribution in [1.82, 2.24) is 20.4 Å². The van der Waals surface area contributed by atoms with E-state index >= 15 is 0 Å². The summed E-state index contributed by atoms with van der Waals surface area (Å²) in [5, 5.41) is 7.14. The van der Waals surface area contributed by atoms with Crippen molar-refractivity contribution in [1.29, 1.82) is 0 Å². The van der Waals surface area contributed by atoms with Crippen LogP contribution in [0.4, 0.5) is 0 Å². The topological polar surface area (TPSA) is 52.1 Å². The Morgan fingerprint density at radius 3 is 2.32 bits per heavy atom. The Hall–Kier alpha value is -0.120. The lowest BCUT2D eigenvalue weighted by atomic mass is 9.83. The van der Waals surface area contributed by atoms with Gasteiger partial charge in [0.15, 0.2) is 5.96 Å². The Kier molecular flexibility index (Phi) is 12.9. The molecular weight excluding hydrogens is 465 g/mol. The van der Waals surface area contributed by atoms with Gasteiger partial charge in [0.2, 0.25) is 0 Å². The van der Waals surface area contributed by atoms with Crippen LogP contribution in [0, 0.1) is 11.3 Å². The first-order chi connectivity index (χ1) is 13.1. The quantitative estimate of drug-likeness (QED) is 0.270. The number of hydrogen-bond donors (Lipinski definition) is 2. The highest BCUT2D eigenvalue weighted by Gasteiger charge is 2.33. The number of hydrogen-bond acceptors (Lipinski definition) is 4. The maximum absolute atomic E-state index is 5.35. The second-order valence-corrected chi connectivity index (χ2v) is 8.60. The van der Waals surface area contributed by atoms with Crippen molar-refractivity contribution in [2.24, 2.45) is 16.3 Å². The van der Waals surface area contributed by atoms with E-state index in [-0.39, 0.29) is 24.0 Å². The van der Waals surface area contributed by atoms with E-state index in [1.54, 1.807) is 7.11 Å². The predicted octanol–water partition coefficient (Wildman–Crippen LogP) is 2.64. The second-order valence-electron chi connectivity index (χ2n) is 8.60. The van der Waals surface area contributed by atoms with Crippen molar-refractivity contribution >= 4 is 29.9 Å². The zero-order chi connectivity index (χ0) is 19.5. The Morgan fingerprint density at radius 2 is 1.75 bits per heavy atom. The molecule has 0 amide bonds. The molecule has 1 unspecified atom stereocenters. The molecule has 1 saturated carbocycles. The standard InChI is InChI=1S/C21H43N5O.HI/c1-5-25-11-13-26(14-12-25)17-19(2)16-23-20(22-3)24-18-21(10-15-27-4)8-6-7-9-21;/h19H,5-18H2,1-4H3,(H2,22,23,24);1H. The minimum Gasteiger partial charge on any atom is -0.385 e. The Bertz CT molecular complexity index is 435. The summed E-state index contributed by atoms with van der Waals surface area (Å²) in [6.45, 7) is 14.6. The number of likely N-dealkylation sites (N-methyl/N-ethyl adjacent to an activating group) is 1. The lowest BCUT2D eigenvalue weighted by molar-refractivity contribution is 0.124. The molecule has 1 saturated heterocycles. The highest BCUT2D eigenvalue weighted by atomic mass is 127. The van der Waals surface area contributed by atoms with E-state index < -0.39 is 0 Å². The average Bonchev–Trinajstić information content (AvgIpc) is 3.16. The molecule has 6 nitrogen and oxygen atoms in total. The normalized spacial score (nSPS) is 21.9. The smallest absolute Gasteiger partial charge is 0.191 e. The zero-order valence-electron chi connectivity index (χ0n) is 18.6. The number of nitrogens with one attached hydrogen (secondary N) is 2. The molecule has 2 N–H and O–H groups in total. The van der Waals surface area contributed by atoms with Crippen LogP contribution in [0.15, 0.2) is 4.99 Å². The number of nitrogens with zero attached hydrogens (tertiary/aromatic N) is 3. The summed E-state index contributed by atoms with van der Waals surface area (Å²) < 4.78 is 5.35. The third-order valence-electron chi connectivity index (χ3n) is 6.46. The maximum atomic E-state index is 5.35. The van der Waals surface area contributed by atoms with Crippen LogP contribution < -0.4 is 10.6 Å². The minimum atomic E-state index is 0. The van der Waals surface area contributed by atoms with Gasteiger partial charge < -0.3 is 25.2 Å². The van der Waals surface area contributed by atoms with Gasteiger partial charge >= 0.3 is 0 Å². The van der Waals surface area contributed by atoms with E-state index in [2.05, 4.69) is 39.3 Å². The molecule has 28 heavy (non-hydrogen) atoms. The van der Waals surface area contributed by atoms with Crippen LogP contribution in [-0.2, 0) is 4.74 Å². The molecule has 166 valence electrons. The highest BCUT2D eigenvalue weighted by molar-refractivity contribution is 14.0. The van der Waals surface area contributed by atoms with E-state index in [0.717, 1.165) is 32.1 Å². The summed E-state index contributed by atoms with van der Waals surface area (Å²) in [4.78, 5) is 9.58. The monoisotopic (exact) mass is 509 g/mol. The Labute approximate surface area is 190 Å². The molecule has 7 heteroatoms. The van der Waals surface area contributed by atoms with Crippen molar-refractivity contribution in [2.45, 2.75) is 46.0 Å². The van der Waals surface area contributed by atoms with Gasteiger partial charge in [-0.25, -0.2) is 0 Å². The van der Waals surface area contributed by atoms with Crippen molar-refractivity contribution < 1.29 is 4.74 Å². The number of methoxy groups -OCH3 is 1. The third-order valence-corrected chi connectivity index (χ3v) is 6.46. The largest absolute Gasteiger partial charge is 0.385 e. The van der Waals surface area contributed by atoms with Crippen LogP contribution in [0.5, 0.6) is 0 Å². The maximum Gasteiger partial charge on any atom is 0.191 e. The van der Waals surface area contributed by atoms with Crippen molar-refractivity contribution in [2.75, 3.05) is 73.1 Å². The van der Waals surface area contributed by atoms with Gasteiger partial charge in [-0.1, -0.05) is 26.7 Å². The van der Waals surface area contributed by atoms with E-state index in [1.165, 1.54) is 65.0 Å². The summed E-state index contributed by atoms with van der Waals surface area (Å²) in [6, 6.07) is 0. The predicted molar refractivity (Wildman–Crippen MR) is 130 cm³/mol. The molecule has 0 aromatic rings. The summed E-state index contributed by atoms with van der Waals surface area (Å²) >= 11 is 0. The summed E-state index contributed by atoms with van der Waals surface area (Å²) in [5.41, 5.74) is 0.387. The van der Waals surface area contributed by atoms with Crippen LogP contribution in [-0.4, -0.2) is 88.9 Å². The summed E-state index contributed by atoms with van der Waals surface area (Å²) in [5.74, 6) is 1.56.